The van der Waals surface area contributed by atoms with Gasteiger partial charge in [-0.1, -0.05) is 65.7 Å². The third-order valence-corrected chi connectivity index (χ3v) is 3.54. The van der Waals surface area contributed by atoms with Crippen molar-refractivity contribution in [2.24, 2.45) is 0 Å². The summed E-state index contributed by atoms with van der Waals surface area (Å²) in [6, 6.07) is 14.8. The van der Waals surface area contributed by atoms with Gasteiger partial charge in [0.1, 0.15) is 0 Å². The number of rotatable bonds is 4. The van der Waals surface area contributed by atoms with E-state index < -0.39 is 5.97 Å². The number of carboxylic acid groups (broad SMARTS) is 1. The Morgan fingerprint density at radius 2 is 1.70 bits per heavy atom. The Morgan fingerprint density at radius 3 is 2.30 bits per heavy atom. The van der Waals surface area contributed by atoms with Crippen LogP contribution in [0.25, 0.3) is 5.57 Å². The zero-order valence-electron chi connectivity index (χ0n) is 10.5. The summed E-state index contributed by atoms with van der Waals surface area (Å²) in [5, 5.41) is 9.78. The third kappa shape index (κ3) is 3.62. The number of hydrogen-bond acceptors (Lipinski definition) is 1. The van der Waals surface area contributed by atoms with Crippen molar-refractivity contribution in [1.82, 2.24) is 0 Å². The Balaban J connectivity index is 2.48. The molecular weight excluding hydrogens is 295 g/mol. The molecule has 0 amide bonds. The molecule has 2 nitrogen and oxygen atoms in total. The molecule has 20 heavy (non-hydrogen) atoms. The maximum atomic E-state index is 10.8. The van der Waals surface area contributed by atoms with Crippen LogP contribution < -0.4 is 0 Å². The van der Waals surface area contributed by atoms with Gasteiger partial charge in [0.15, 0.2) is 0 Å². The number of halogens is 2. The molecule has 0 aliphatic heterocycles. The highest BCUT2D eigenvalue weighted by molar-refractivity contribution is 6.42. The highest BCUT2D eigenvalue weighted by Gasteiger charge is 2.08. The van der Waals surface area contributed by atoms with Crippen molar-refractivity contribution in [3.8, 4) is 0 Å². The van der Waals surface area contributed by atoms with E-state index in [4.69, 9.17) is 28.3 Å². The molecule has 0 unspecified atom stereocenters. The molecule has 1 N–H and O–H groups in total. The molecule has 2 aromatic rings. The lowest BCUT2D eigenvalue weighted by Gasteiger charge is -2.09. The molecule has 0 fully saturated rings. The molecule has 2 aromatic carbocycles. The van der Waals surface area contributed by atoms with Gasteiger partial charge in [-0.15, -0.1) is 0 Å². The summed E-state index contributed by atoms with van der Waals surface area (Å²) in [7, 11) is 0. The zero-order chi connectivity index (χ0) is 14.5. The van der Waals surface area contributed by atoms with E-state index in [1.54, 1.807) is 18.2 Å². The molecule has 0 aliphatic carbocycles. The first-order valence-electron chi connectivity index (χ1n) is 6.00. The number of benzene rings is 2. The van der Waals surface area contributed by atoms with Gasteiger partial charge in [-0.05, 0) is 28.8 Å². The predicted octanol–water partition coefficient (Wildman–Crippen LogP) is 4.90. The third-order valence-electron chi connectivity index (χ3n) is 2.80. The highest BCUT2D eigenvalue weighted by atomic mass is 35.5. The van der Waals surface area contributed by atoms with Gasteiger partial charge in [0.2, 0.25) is 0 Å². The quantitative estimate of drug-likeness (QED) is 0.872. The van der Waals surface area contributed by atoms with E-state index in [0.717, 1.165) is 16.7 Å². The van der Waals surface area contributed by atoms with Gasteiger partial charge in [0.05, 0.1) is 16.5 Å². The summed E-state index contributed by atoms with van der Waals surface area (Å²) in [6.45, 7) is 0. The van der Waals surface area contributed by atoms with Gasteiger partial charge in [0, 0.05) is 0 Å². The van der Waals surface area contributed by atoms with Crippen LogP contribution in [-0.2, 0) is 4.79 Å². The van der Waals surface area contributed by atoms with Gasteiger partial charge in [0.25, 0.3) is 0 Å². The van der Waals surface area contributed by atoms with Gasteiger partial charge in [-0.25, -0.2) is 0 Å². The van der Waals surface area contributed by atoms with Gasteiger partial charge in [-0.2, -0.15) is 0 Å². The molecule has 0 heterocycles. The second kappa shape index (κ2) is 6.60. The zero-order valence-corrected chi connectivity index (χ0v) is 12.0. The van der Waals surface area contributed by atoms with Crippen LogP contribution in [0.4, 0.5) is 0 Å². The fourth-order valence-electron chi connectivity index (χ4n) is 1.87. The summed E-state index contributed by atoms with van der Waals surface area (Å²) < 4.78 is 0. The van der Waals surface area contributed by atoms with Crippen molar-refractivity contribution in [3.05, 3.63) is 75.8 Å². The molecule has 0 atom stereocenters. The molecule has 0 aromatic heterocycles. The Morgan fingerprint density at radius 1 is 1.00 bits per heavy atom. The Kier molecular flexibility index (Phi) is 4.83. The number of carbonyl (C=O) groups is 1. The second-order valence-electron chi connectivity index (χ2n) is 4.21. The van der Waals surface area contributed by atoms with Gasteiger partial charge < -0.3 is 5.11 Å². The molecule has 2 rings (SSSR count). The van der Waals surface area contributed by atoms with Crippen molar-refractivity contribution in [3.63, 3.8) is 0 Å². The minimum Gasteiger partial charge on any atom is -0.481 e. The van der Waals surface area contributed by atoms with Crippen LogP contribution >= 0.6 is 23.2 Å². The summed E-state index contributed by atoms with van der Waals surface area (Å²) in [6.07, 6.45) is 1.63. The molecule has 102 valence electrons. The van der Waals surface area contributed by atoms with Crippen molar-refractivity contribution in [2.45, 2.75) is 6.42 Å². The predicted molar refractivity (Wildman–Crippen MR) is 82.2 cm³/mol. The second-order valence-corrected chi connectivity index (χ2v) is 5.02. The number of aliphatic carboxylic acids is 1. The normalized spacial score (nSPS) is 11.4. The van der Waals surface area contributed by atoms with E-state index in [-0.39, 0.29) is 6.42 Å². The monoisotopic (exact) mass is 306 g/mol. The maximum absolute atomic E-state index is 10.8. The van der Waals surface area contributed by atoms with E-state index in [9.17, 15) is 4.79 Å². The van der Waals surface area contributed by atoms with Crippen molar-refractivity contribution < 1.29 is 9.90 Å². The summed E-state index contributed by atoms with van der Waals surface area (Å²) >= 11 is 11.9. The topological polar surface area (TPSA) is 37.3 Å². The fourth-order valence-corrected chi connectivity index (χ4v) is 2.17. The lowest BCUT2D eigenvalue weighted by molar-refractivity contribution is -0.135. The van der Waals surface area contributed by atoms with Gasteiger partial charge in [-0.3, -0.25) is 4.79 Å². The summed E-state index contributed by atoms with van der Waals surface area (Å²) in [5.41, 5.74) is 2.60. The Bertz CT molecular complexity index is 649. The molecule has 0 spiro atoms. The number of carboxylic acids is 1. The first-order valence-corrected chi connectivity index (χ1v) is 6.76. The SMILES string of the molecule is O=C(O)C/C=C(/c1ccccc1)c1ccc(Cl)c(Cl)c1. The average molecular weight is 307 g/mol. The van der Waals surface area contributed by atoms with Crippen LogP contribution in [0.1, 0.15) is 17.5 Å². The lowest BCUT2D eigenvalue weighted by atomic mass is 9.97. The van der Waals surface area contributed by atoms with E-state index >= 15 is 0 Å². The molecular formula is C16H12Cl2O2. The molecule has 0 aliphatic rings. The standard InChI is InChI=1S/C16H12Cl2O2/c17-14-8-6-12(10-15(14)18)13(7-9-16(19)20)11-4-2-1-3-5-11/h1-8,10H,9H2,(H,19,20)/b13-7-. The molecule has 0 radical (unpaired) electrons. The molecule has 0 saturated carbocycles. The van der Waals surface area contributed by atoms with E-state index in [2.05, 4.69) is 0 Å². The van der Waals surface area contributed by atoms with Crippen LogP contribution in [0.2, 0.25) is 10.0 Å². The minimum absolute atomic E-state index is 0.0511. The fraction of sp³-hybridized carbons (Fsp3) is 0.0625. The minimum atomic E-state index is -0.876. The van der Waals surface area contributed by atoms with E-state index in [1.165, 1.54) is 0 Å². The van der Waals surface area contributed by atoms with Crippen LogP contribution in [0.15, 0.2) is 54.6 Å². The Hall–Kier alpha value is -1.77. The molecule has 0 bridgehead atoms. The summed E-state index contributed by atoms with van der Waals surface area (Å²) in [5.74, 6) is -0.876. The molecule has 0 saturated heterocycles. The van der Waals surface area contributed by atoms with Crippen molar-refractivity contribution in [2.75, 3.05) is 0 Å². The lowest BCUT2D eigenvalue weighted by Crippen LogP contribution is -1.94. The van der Waals surface area contributed by atoms with Gasteiger partial charge >= 0.3 is 5.97 Å². The van der Waals surface area contributed by atoms with E-state index in [1.807, 2.05) is 36.4 Å². The largest absolute Gasteiger partial charge is 0.481 e. The van der Waals surface area contributed by atoms with E-state index in [0.29, 0.717) is 10.0 Å². The smallest absolute Gasteiger partial charge is 0.307 e. The van der Waals surface area contributed by atoms with Crippen molar-refractivity contribution >= 4 is 34.7 Å². The summed E-state index contributed by atoms with van der Waals surface area (Å²) in [4.78, 5) is 10.8. The first-order chi connectivity index (χ1) is 9.58. The first kappa shape index (κ1) is 14.6. The van der Waals surface area contributed by atoms with Crippen LogP contribution in [0.3, 0.4) is 0 Å². The van der Waals surface area contributed by atoms with Crippen LogP contribution in [-0.4, -0.2) is 11.1 Å². The maximum Gasteiger partial charge on any atom is 0.307 e. The van der Waals surface area contributed by atoms with Crippen LogP contribution in [0.5, 0.6) is 0 Å². The Labute approximate surface area is 127 Å². The molecule has 4 heteroatoms. The highest BCUT2D eigenvalue weighted by Crippen LogP contribution is 2.29. The van der Waals surface area contributed by atoms with Crippen molar-refractivity contribution in [1.29, 1.82) is 0 Å². The van der Waals surface area contributed by atoms with Crippen LogP contribution in [0, 0.1) is 0 Å². The average Bonchev–Trinajstić information content (AvgIpc) is 2.44. The number of hydrogen-bond donors (Lipinski definition) is 1.